The van der Waals surface area contributed by atoms with Gasteiger partial charge < -0.3 is 10.5 Å². The molecule has 4 heteroatoms. The van der Waals surface area contributed by atoms with Crippen LogP contribution in [0.1, 0.15) is 37.4 Å². The summed E-state index contributed by atoms with van der Waals surface area (Å²) in [6.07, 6.45) is 1.04. The number of hydrogen-bond donors (Lipinski definition) is 1. The Morgan fingerprint density at radius 3 is 2.60 bits per heavy atom. The first-order valence-corrected chi connectivity index (χ1v) is 7.25. The Bertz CT molecular complexity index is 411. The average Bonchev–Trinajstić information content (AvgIpc) is 2.44. The SMILES string of the molecule is CCC(C)N(CCOC)C(CN)c1ccc(F)cc1C. The molecule has 3 nitrogen and oxygen atoms in total. The van der Waals surface area contributed by atoms with E-state index in [1.165, 1.54) is 6.07 Å². The van der Waals surface area contributed by atoms with E-state index < -0.39 is 0 Å². The van der Waals surface area contributed by atoms with Crippen LogP contribution in [-0.2, 0) is 4.74 Å². The van der Waals surface area contributed by atoms with Crippen molar-refractivity contribution in [2.45, 2.75) is 39.3 Å². The van der Waals surface area contributed by atoms with Gasteiger partial charge in [0.15, 0.2) is 0 Å². The molecule has 2 N–H and O–H groups in total. The van der Waals surface area contributed by atoms with Crippen molar-refractivity contribution in [2.24, 2.45) is 5.73 Å². The molecule has 0 saturated carbocycles. The van der Waals surface area contributed by atoms with Crippen molar-refractivity contribution in [1.29, 1.82) is 0 Å². The van der Waals surface area contributed by atoms with E-state index >= 15 is 0 Å². The molecule has 0 radical (unpaired) electrons. The lowest BCUT2D eigenvalue weighted by Gasteiger charge is -2.36. The highest BCUT2D eigenvalue weighted by molar-refractivity contribution is 5.30. The lowest BCUT2D eigenvalue weighted by Crippen LogP contribution is -2.42. The van der Waals surface area contributed by atoms with E-state index in [-0.39, 0.29) is 11.9 Å². The number of nitrogens with two attached hydrogens (primary N) is 1. The van der Waals surface area contributed by atoms with Gasteiger partial charge in [-0.05, 0) is 43.5 Å². The number of hydrogen-bond acceptors (Lipinski definition) is 3. The highest BCUT2D eigenvalue weighted by Gasteiger charge is 2.24. The molecule has 2 atom stereocenters. The molecule has 0 aliphatic rings. The van der Waals surface area contributed by atoms with Crippen molar-refractivity contribution in [3.8, 4) is 0 Å². The maximum Gasteiger partial charge on any atom is 0.123 e. The van der Waals surface area contributed by atoms with Crippen LogP contribution in [-0.4, -0.2) is 37.7 Å². The van der Waals surface area contributed by atoms with Crippen LogP contribution in [0.3, 0.4) is 0 Å². The third-order valence-electron chi connectivity index (χ3n) is 3.93. The highest BCUT2D eigenvalue weighted by Crippen LogP contribution is 2.26. The predicted octanol–water partition coefficient (Wildman–Crippen LogP) is 2.88. The second-order valence-corrected chi connectivity index (χ2v) is 5.24. The van der Waals surface area contributed by atoms with E-state index in [1.54, 1.807) is 13.2 Å². The molecule has 114 valence electrons. The van der Waals surface area contributed by atoms with E-state index in [4.69, 9.17) is 10.5 Å². The number of aryl methyl sites for hydroxylation is 1. The van der Waals surface area contributed by atoms with Gasteiger partial charge in [-0.25, -0.2) is 4.39 Å². The summed E-state index contributed by atoms with van der Waals surface area (Å²) in [6.45, 7) is 8.30. The Morgan fingerprint density at radius 2 is 2.10 bits per heavy atom. The second-order valence-electron chi connectivity index (χ2n) is 5.24. The van der Waals surface area contributed by atoms with E-state index in [9.17, 15) is 4.39 Å². The summed E-state index contributed by atoms with van der Waals surface area (Å²) < 4.78 is 18.5. The Hall–Kier alpha value is -0.970. The molecule has 0 bridgehead atoms. The molecule has 0 aliphatic heterocycles. The van der Waals surface area contributed by atoms with Crippen LogP contribution >= 0.6 is 0 Å². The summed E-state index contributed by atoms with van der Waals surface area (Å²) in [6, 6.07) is 5.44. The zero-order valence-corrected chi connectivity index (χ0v) is 13.0. The Labute approximate surface area is 121 Å². The van der Waals surface area contributed by atoms with E-state index in [0.29, 0.717) is 19.2 Å². The Balaban J connectivity index is 3.04. The molecule has 20 heavy (non-hydrogen) atoms. The number of halogens is 1. The maximum atomic E-state index is 13.3. The van der Waals surface area contributed by atoms with Crippen molar-refractivity contribution in [2.75, 3.05) is 26.8 Å². The molecule has 0 spiro atoms. The van der Waals surface area contributed by atoms with Crippen molar-refractivity contribution in [3.63, 3.8) is 0 Å². The fraction of sp³-hybridized carbons (Fsp3) is 0.625. The molecule has 0 aliphatic carbocycles. The zero-order chi connectivity index (χ0) is 15.1. The molecule has 1 aromatic carbocycles. The average molecular weight is 282 g/mol. The van der Waals surface area contributed by atoms with Gasteiger partial charge in [0.25, 0.3) is 0 Å². The second kappa shape index (κ2) is 8.35. The lowest BCUT2D eigenvalue weighted by molar-refractivity contribution is 0.0900. The zero-order valence-electron chi connectivity index (χ0n) is 13.0. The van der Waals surface area contributed by atoms with E-state index in [1.807, 2.05) is 13.0 Å². The number of benzene rings is 1. The molecular weight excluding hydrogens is 255 g/mol. The summed E-state index contributed by atoms with van der Waals surface area (Å²) in [5.74, 6) is -0.200. The number of methoxy groups -OCH3 is 1. The van der Waals surface area contributed by atoms with Gasteiger partial charge in [0.05, 0.1) is 6.61 Å². The quantitative estimate of drug-likeness (QED) is 0.797. The van der Waals surface area contributed by atoms with Gasteiger partial charge in [-0.15, -0.1) is 0 Å². The van der Waals surface area contributed by atoms with Crippen molar-refractivity contribution in [1.82, 2.24) is 4.90 Å². The van der Waals surface area contributed by atoms with Gasteiger partial charge in [0.2, 0.25) is 0 Å². The predicted molar refractivity (Wildman–Crippen MR) is 81.3 cm³/mol. The minimum Gasteiger partial charge on any atom is -0.383 e. The number of ether oxygens (including phenoxy) is 1. The molecule has 0 amide bonds. The van der Waals surface area contributed by atoms with Crippen LogP contribution < -0.4 is 5.73 Å². The molecule has 0 saturated heterocycles. The van der Waals surface area contributed by atoms with E-state index in [0.717, 1.165) is 24.1 Å². The molecule has 0 aromatic heterocycles. The molecule has 2 unspecified atom stereocenters. The topological polar surface area (TPSA) is 38.5 Å². The Morgan fingerprint density at radius 1 is 1.40 bits per heavy atom. The number of rotatable bonds is 8. The molecule has 0 heterocycles. The third-order valence-corrected chi connectivity index (χ3v) is 3.93. The maximum absolute atomic E-state index is 13.3. The van der Waals surface area contributed by atoms with Crippen LogP contribution in [0.25, 0.3) is 0 Å². The number of nitrogens with zero attached hydrogens (tertiary/aromatic N) is 1. The monoisotopic (exact) mass is 282 g/mol. The normalized spacial score (nSPS) is 14.6. The Kier molecular flexibility index (Phi) is 7.13. The summed E-state index contributed by atoms with van der Waals surface area (Å²) in [4.78, 5) is 2.35. The van der Waals surface area contributed by atoms with Gasteiger partial charge in [-0.1, -0.05) is 13.0 Å². The summed E-state index contributed by atoms with van der Waals surface area (Å²) in [7, 11) is 1.70. The minimum atomic E-state index is -0.200. The van der Waals surface area contributed by atoms with Crippen molar-refractivity contribution < 1.29 is 9.13 Å². The van der Waals surface area contributed by atoms with Crippen LogP contribution in [0.15, 0.2) is 18.2 Å². The minimum absolute atomic E-state index is 0.0979. The van der Waals surface area contributed by atoms with Crippen LogP contribution in [0.5, 0.6) is 0 Å². The van der Waals surface area contributed by atoms with Gasteiger partial charge in [-0.2, -0.15) is 0 Å². The van der Waals surface area contributed by atoms with Gasteiger partial charge in [0.1, 0.15) is 5.82 Å². The molecule has 1 rings (SSSR count). The van der Waals surface area contributed by atoms with Gasteiger partial charge in [-0.3, -0.25) is 4.90 Å². The molecule has 0 fully saturated rings. The first kappa shape index (κ1) is 17.1. The van der Waals surface area contributed by atoms with Crippen molar-refractivity contribution in [3.05, 3.63) is 35.1 Å². The standard InChI is InChI=1S/C16H27FN2O/c1-5-13(3)19(8-9-20-4)16(11-18)15-7-6-14(17)10-12(15)2/h6-7,10,13,16H,5,8-9,11,18H2,1-4H3. The van der Waals surface area contributed by atoms with Gasteiger partial charge in [0, 0.05) is 32.3 Å². The summed E-state index contributed by atoms with van der Waals surface area (Å²) in [5, 5.41) is 0. The first-order chi connectivity index (χ1) is 9.54. The fourth-order valence-corrected chi connectivity index (χ4v) is 2.57. The first-order valence-electron chi connectivity index (χ1n) is 7.25. The molecule has 1 aromatic rings. The van der Waals surface area contributed by atoms with E-state index in [2.05, 4.69) is 18.7 Å². The molecular formula is C16H27FN2O. The fourth-order valence-electron chi connectivity index (χ4n) is 2.57. The summed E-state index contributed by atoms with van der Waals surface area (Å²) >= 11 is 0. The third kappa shape index (κ3) is 4.27. The van der Waals surface area contributed by atoms with Gasteiger partial charge >= 0.3 is 0 Å². The van der Waals surface area contributed by atoms with Crippen LogP contribution in [0, 0.1) is 12.7 Å². The lowest BCUT2D eigenvalue weighted by atomic mass is 9.98. The smallest absolute Gasteiger partial charge is 0.123 e. The summed E-state index contributed by atoms with van der Waals surface area (Å²) in [5.41, 5.74) is 8.05. The van der Waals surface area contributed by atoms with Crippen molar-refractivity contribution >= 4 is 0 Å². The van der Waals surface area contributed by atoms with Crippen LogP contribution in [0.4, 0.5) is 4.39 Å². The van der Waals surface area contributed by atoms with Crippen LogP contribution in [0.2, 0.25) is 0 Å². The largest absolute Gasteiger partial charge is 0.383 e. The highest BCUT2D eigenvalue weighted by atomic mass is 19.1.